The average molecular weight is 252 g/mol. The molecule has 0 aromatic carbocycles. The number of alkyl halides is 6. The number of rotatable bonds is 5. The monoisotopic (exact) mass is 252 g/mol. The standard InChI is InChI=1S/C7H6F6O3/c1-3-16-7(12,13)6(10,11)5(8,9)4(14)15-2/h3H,1H2,2H3. The zero-order valence-corrected chi connectivity index (χ0v) is 7.78. The van der Waals surface area contributed by atoms with Gasteiger partial charge in [0, 0.05) is 0 Å². The summed E-state index contributed by atoms with van der Waals surface area (Å²) in [5, 5.41) is 0. The van der Waals surface area contributed by atoms with Gasteiger partial charge in [-0.25, -0.2) is 4.79 Å². The molecule has 0 aromatic heterocycles. The van der Waals surface area contributed by atoms with E-state index in [9.17, 15) is 31.1 Å². The van der Waals surface area contributed by atoms with Gasteiger partial charge < -0.3 is 9.47 Å². The Morgan fingerprint density at radius 3 is 1.94 bits per heavy atom. The zero-order chi connectivity index (χ0) is 13.2. The number of ether oxygens (including phenoxy) is 2. The molecule has 0 aliphatic heterocycles. The van der Waals surface area contributed by atoms with E-state index in [1.54, 1.807) is 0 Å². The third kappa shape index (κ3) is 2.07. The number of esters is 1. The molecule has 0 spiro atoms. The summed E-state index contributed by atoms with van der Waals surface area (Å²) in [6.45, 7) is 2.51. The van der Waals surface area contributed by atoms with Gasteiger partial charge in [0.2, 0.25) is 0 Å². The Bertz CT molecular complexity index is 288. The highest BCUT2D eigenvalue weighted by Crippen LogP contribution is 2.46. The maximum absolute atomic E-state index is 12.6. The smallest absolute Gasteiger partial charge is 0.464 e. The fourth-order valence-corrected chi connectivity index (χ4v) is 0.618. The molecule has 16 heavy (non-hydrogen) atoms. The van der Waals surface area contributed by atoms with E-state index in [0.717, 1.165) is 0 Å². The summed E-state index contributed by atoms with van der Waals surface area (Å²) >= 11 is 0. The first-order chi connectivity index (χ1) is 7.04. The minimum atomic E-state index is -6.07. The van der Waals surface area contributed by atoms with Gasteiger partial charge in [-0.15, -0.1) is 0 Å². The van der Waals surface area contributed by atoms with Crippen molar-refractivity contribution in [3.8, 4) is 0 Å². The molecule has 0 radical (unpaired) electrons. The molecule has 0 aromatic rings. The number of carbonyl (C=O) groups excluding carboxylic acids is 1. The number of hydrogen-bond acceptors (Lipinski definition) is 3. The van der Waals surface area contributed by atoms with Gasteiger partial charge in [-0.1, -0.05) is 6.58 Å². The van der Waals surface area contributed by atoms with E-state index in [-0.39, 0.29) is 6.26 Å². The van der Waals surface area contributed by atoms with Gasteiger partial charge in [0.05, 0.1) is 13.4 Å². The number of hydrogen-bond donors (Lipinski definition) is 0. The maximum atomic E-state index is 12.6. The highest BCUT2D eigenvalue weighted by Gasteiger charge is 2.77. The lowest BCUT2D eigenvalue weighted by Gasteiger charge is -2.29. The van der Waals surface area contributed by atoms with Crippen molar-refractivity contribution in [2.45, 2.75) is 18.0 Å². The molecule has 0 fully saturated rings. The van der Waals surface area contributed by atoms with Crippen LogP contribution in [-0.4, -0.2) is 31.0 Å². The van der Waals surface area contributed by atoms with Gasteiger partial charge in [-0.05, 0) is 0 Å². The fourth-order valence-electron chi connectivity index (χ4n) is 0.618. The van der Waals surface area contributed by atoms with Crippen molar-refractivity contribution < 1.29 is 40.6 Å². The second kappa shape index (κ2) is 4.22. The Morgan fingerprint density at radius 1 is 1.19 bits per heavy atom. The van der Waals surface area contributed by atoms with Gasteiger partial charge in [-0.3, -0.25) is 0 Å². The third-order valence-corrected chi connectivity index (χ3v) is 1.43. The van der Waals surface area contributed by atoms with Gasteiger partial charge in [-0.2, -0.15) is 26.3 Å². The molecule has 3 nitrogen and oxygen atoms in total. The van der Waals surface area contributed by atoms with Crippen molar-refractivity contribution in [1.82, 2.24) is 0 Å². The highest BCUT2D eigenvalue weighted by atomic mass is 19.3. The first-order valence-electron chi connectivity index (χ1n) is 3.55. The van der Waals surface area contributed by atoms with Crippen molar-refractivity contribution in [1.29, 1.82) is 0 Å². The van der Waals surface area contributed by atoms with Crippen molar-refractivity contribution in [2.75, 3.05) is 7.11 Å². The molecule has 0 saturated carbocycles. The van der Waals surface area contributed by atoms with Crippen LogP contribution < -0.4 is 0 Å². The molecule has 0 bridgehead atoms. The van der Waals surface area contributed by atoms with Crippen LogP contribution in [0.3, 0.4) is 0 Å². The lowest BCUT2D eigenvalue weighted by atomic mass is 10.1. The van der Waals surface area contributed by atoms with Crippen molar-refractivity contribution in [2.24, 2.45) is 0 Å². The summed E-state index contributed by atoms with van der Waals surface area (Å²) in [4.78, 5) is 10.3. The van der Waals surface area contributed by atoms with Gasteiger partial charge in [0.25, 0.3) is 0 Å². The highest BCUT2D eigenvalue weighted by molar-refractivity contribution is 5.79. The molecule has 0 amide bonds. The van der Waals surface area contributed by atoms with E-state index >= 15 is 0 Å². The molecule has 0 aliphatic carbocycles. The predicted octanol–water partition coefficient (Wildman–Crippen LogP) is 2.18. The third-order valence-electron chi connectivity index (χ3n) is 1.43. The van der Waals surface area contributed by atoms with E-state index in [2.05, 4.69) is 16.1 Å². The molecule has 0 unspecified atom stereocenters. The topological polar surface area (TPSA) is 35.5 Å². The van der Waals surface area contributed by atoms with Crippen LogP contribution in [0.2, 0.25) is 0 Å². The summed E-state index contributed by atoms with van der Waals surface area (Å²) in [6, 6.07) is 0. The molecule has 9 heteroatoms. The lowest BCUT2D eigenvalue weighted by molar-refractivity contribution is -0.377. The minimum absolute atomic E-state index is 0.152. The van der Waals surface area contributed by atoms with Crippen LogP contribution in [0, 0.1) is 0 Å². The van der Waals surface area contributed by atoms with Crippen LogP contribution in [0.4, 0.5) is 26.3 Å². The molecule has 0 rings (SSSR count). The van der Waals surface area contributed by atoms with Crippen LogP contribution in [0.15, 0.2) is 12.8 Å². The molecule has 0 heterocycles. The quantitative estimate of drug-likeness (QED) is 0.427. The summed E-state index contributed by atoms with van der Waals surface area (Å²) in [5.74, 6) is -14.6. The van der Waals surface area contributed by atoms with Crippen LogP contribution >= 0.6 is 0 Å². The number of methoxy groups -OCH3 is 1. The Morgan fingerprint density at radius 2 is 1.62 bits per heavy atom. The Balaban J connectivity index is 5.32. The second-order valence-corrected chi connectivity index (χ2v) is 2.44. The van der Waals surface area contributed by atoms with Crippen molar-refractivity contribution >= 4 is 5.97 Å². The molecule has 0 N–H and O–H groups in total. The minimum Gasteiger partial charge on any atom is -0.464 e. The Kier molecular flexibility index (Phi) is 3.85. The number of carbonyl (C=O) groups is 1. The first kappa shape index (κ1) is 14.6. The maximum Gasteiger partial charge on any atom is 0.471 e. The SMILES string of the molecule is C=COC(F)(F)C(F)(F)C(F)(F)C(=O)OC. The first-order valence-corrected chi connectivity index (χ1v) is 3.55. The van der Waals surface area contributed by atoms with E-state index in [4.69, 9.17) is 0 Å². The van der Waals surface area contributed by atoms with E-state index < -0.39 is 23.9 Å². The molecule has 94 valence electrons. The number of halogens is 6. The Labute approximate surface area is 85.6 Å². The van der Waals surface area contributed by atoms with Crippen molar-refractivity contribution in [3.05, 3.63) is 12.8 Å². The second-order valence-electron chi connectivity index (χ2n) is 2.44. The largest absolute Gasteiger partial charge is 0.471 e. The van der Waals surface area contributed by atoms with Crippen LogP contribution in [0.25, 0.3) is 0 Å². The van der Waals surface area contributed by atoms with E-state index in [1.165, 1.54) is 0 Å². The average Bonchev–Trinajstić information content (AvgIpc) is 2.15. The van der Waals surface area contributed by atoms with E-state index in [0.29, 0.717) is 7.11 Å². The summed E-state index contributed by atoms with van der Waals surface area (Å²) in [7, 11) is 0.346. The van der Waals surface area contributed by atoms with Gasteiger partial charge in [0.15, 0.2) is 0 Å². The summed E-state index contributed by atoms with van der Waals surface area (Å²) in [6.07, 6.45) is -5.74. The summed E-state index contributed by atoms with van der Waals surface area (Å²) in [5.41, 5.74) is 0. The predicted molar refractivity (Wildman–Crippen MR) is 38.1 cm³/mol. The molecule has 0 aliphatic rings. The zero-order valence-electron chi connectivity index (χ0n) is 7.78. The summed E-state index contributed by atoms with van der Waals surface area (Å²) < 4.78 is 81.6. The van der Waals surface area contributed by atoms with Crippen molar-refractivity contribution in [3.63, 3.8) is 0 Å². The Hall–Kier alpha value is -1.41. The molecular weight excluding hydrogens is 246 g/mol. The van der Waals surface area contributed by atoms with Crippen LogP contribution in [-0.2, 0) is 14.3 Å². The van der Waals surface area contributed by atoms with Crippen LogP contribution in [0.5, 0.6) is 0 Å². The van der Waals surface area contributed by atoms with E-state index in [1.807, 2.05) is 0 Å². The molecular formula is C7H6F6O3. The van der Waals surface area contributed by atoms with Gasteiger partial charge >= 0.3 is 23.9 Å². The molecule has 0 atom stereocenters. The van der Waals surface area contributed by atoms with Gasteiger partial charge in [0.1, 0.15) is 0 Å². The fraction of sp³-hybridized carbons (Fsp3) is 0.571. The lowest BCUT2D eigenvalue weighted by Crippen LogP contribution is -2.58. The van der Waals surface area contributed by atoms with Crippen LogP contribution in [0.1, 0.15) is 0 Å². The molecule has 0 saturated heterocycles. The normalized spacial score (nSPS) is 13.2.